The first-order valence-corrected chi connectivity index (χ1v) is 10.9. The maximum absolute atomic E-state index is 12.6. The minimum absolute atomic E-state index is 0.0834. The highest BCUT2D eigenvalue weighted by molar-refractivity contribution is 5.84. The van der Waals surface area contributed by atoms with Gasteiger partial charge in [-0.3, -0.25) is 4.79 Å². The summed E-state index contributed by atoms with van der Waals surface area (Å²) < 4.78 is 16.9. The molecule has 31 heavy (non-hydrogen) atoms. The Balaban J connectivity index is 1.49. The Morgan fingerprint density at radius 2 is 1.77 bits per heavy atom. The number of hydrogen-bond acceptors (Lipinski definition) is 4. The second-order valence-electron chi connectivity index (χ2n) is 7.34. The van der Waals surface area contributed by atoms with Crippen molar-refractivity contribution in [3.8, 4) is 17.2 Å². The van der Waals surface area contributed by atoms with Crippen molar-refractivity contribution in [2.75, 3.05) is 20.3 Å². The number of amides is 1. The summed E-state index contributed by atoms with van der Waals surface area (Å²) in [5.41, 5.74) is 1.15. The summed E-state index contributed by atoms with van der Waals surface area (Å²) in [6.45, 7) is 5.09. The fourth-order valence-electron chi connectivity index (χ4n) is 3.49. The summed E-state index contributed by atoms with van der Waals surface area (Å²) in [7, 11) is 1.64. The van der Waals surface area contributed by atoms with Gasteiger partial charge in [-0.05, 0) is 66.8 Å². The van der Waals surface area contributed by atoms with E-state index in [1.165, 1.54) is 0 Å². The number of fused-ring (bicyclic) bond motifs is 1. The topological polar surface area (TPSA) is 56.8 Å². The highest BCUT2D eigenvalue weighted by Gasteiger charge is 2.18. The molecular weight excluding hydrogens is 390 g/mol. The molecule has 0 aliphatic carbocycles. The molecule has 1 unspecified atom stereocenters. The maximum Gasteiger partial charge on any atom is 0.261 e. The van der Waals surface area contributed by atoms with Crippen LogP contribution in [-0.4, -0.2) is 32.3 Å². The highest BCUT2D eigenvalue weighted by atomic mass is 16.5. The molecule has 0 bridgehead atoms. The largest absolute Gasteiger partial charge is 0.493 e. The molecule has 3 rings (SSSR count). The Hall–Kier alpha value is -3.21. The molecule has 164 valence electrons. The van der Waals surface area contributed by atoms with Crippen molar-refractivity contribution in [3.05, 3.63) is 66.2 Å². The van der Waals surface area contributed by atoms with Crippen molar-refractivity contribution in [1.29, 1.82) is 0 Å². The van der Waals surface area contributed by atoms with Crippen LogP contribution in [0.15, 0.2) is 60.7 Å². The van der Waals surface area contributed by atoms with E-state index in [1.807, 2.05) is 68.4 Å². The maximum atomic E-state index is 12.6. The molecule has 0 fully saturated rings. The second kappa shape index (κ2) is 11.3. The average molecular weight is 422 g/mol. The lowest BCUT2D eigenvalue weighted by Gasteiger charge is -2.18. The number of carbonyl (C=O) groups is 1. The zero-order valence-corrected chi connectivity index (χ0v) is 18.5. The molecule has 0 heterocycles. The molecule has 0 spiro atoms. The van der Waals surface area contributed by atoms with Crippen LogP contribution in [0.1, 0.15) is 32.3 Å². The Kier molecular flexibility index (Phi) is 8.16. The molecule has 0 aliphatic rings. The van der Waals surface area contributed by atoms with Gasteiger partial charge in [-0.2, -0.15) is 0 Å². The highest BCUT2D eigenvalue weighted by Crippen LogP contribution is 2.28. The molecule has 0 saturated heterocycles. The number of ether oxygens (including phenoxy) is 3. The summed E-state index contributed by atoms with van der Waals surface area (Å²) in [6.07, 6.45) is 1.77. The first kappa shape index (κ1) is 22.5. The van der Waals surface area contributed by atoms with Crippen LogP contribution >= 0.6 is 0 Å². The number of hydrogen-bond donors (Lipinski definition) is 1. The van der Waals surface area contributed by atoms with Gasteiger partial charge in [0, 0.05) is 6.54 Å². The molecule has 5 nitrogen and oxygen atoms in total. The molecule has 0 aliphatic heterocycles. The number of nitrogens with one attached hydrogen (secondary N) is 1. The molecule has 1 amide bonds. The quantitative estimate of drug-likeness (QED) is 0.435. The first-order chi connectivity index (χ1) is 15.1. The van der Waals surface area contributed by atoms with Gasteiger partial charge in [0.2, 0.25) is 0 Å². The SMILES string of the molecule is CCOc1ccc(CCCNC(=O)C(CC)Oc2ccc3ccccc3c2)cc1OC. The number of methoxy groups -OCH3 is 1. The van der Waals surface area contributed by atoms with Crippen molar-refractivity contribution >= 4 is 16.7 Å². The standard InChI is InChI=1S/C26H31NO4/c1-4-23(31-22-14-13-20-10-6-7-11-21(20)18-22)26(28)27-16-8-9-19-12-15-24(30-5-2)25(17-19)29-3/h6-7,10-15,17-18,23H,4-5,8-9,16H2,1-3H3,(H,27,28). The minimum atomic E-state index is -0.508. The fourth-order valence-corrected chi connectivity index (χ4v) is 3.49. The first-order valence-electron chi connectivity index (χ1n) is 10.9. The molecule has 5 heteroatoms. The van der Waals surface area contributed by atoms with Crippen LogP contribution in [0.3, 0.4) is 0 Å². The van der Waals surface area contributed by atoms with Gasteiger partial charge >= 0.3 is 0 Å². The van der Waals surface area contributed by atoms with Crippen LogP contribution < -0.4 is 19.5 Å². The van der Waals surface area contributed by atoms with Crippen molar-refractivity contribution in [2.24, 2.45) is 0 Å². The summed E-state index contributed by atoms with van der Waals surface area (Å²) in [6, 6.07) is 20.0. The van der Waals surface area contributed by atoms with E-state index >= 15 is 0 Å². The predicted molar refractivity (Wildman–Crippen MR) is 124 cm³/mol. The average Bonchev–Trinajstić information content (AvgIpc) is 2.80. The van der Waals surface area contributed by atoms with E-state index in [9.17, 15) is 4.79 Å². The molecule has 0 radical (unpaired) electrons. The minimum Gasteiger partial charge on any atom is -0.493 e. The van der Waals surface area contributed by atoms with Crippen LogP contribution in [0.25, 0.3) is 10.8 Å². The van der Waals surface area contributed by atoms with Crippen molar-refractivity contribution in [1.82, 2.24) is 5.32 Å². The Bertz CT molecular complexity index is 1000. The van der Waals surface area contributed by atoms with E-state index in [4.69, 9.17) is 14.2 Å². The van der Waals surface area contributed by atoms with Crippen molar-refractivity contribution in [2.45, 2.75) is 39.2 Å². The molecule has 1 atom stereocenters. The van der Waals surface area contributed by atoms with Gasteiger partial charge in [0.1, 0.15) is 5.75 Å². The lowest BCUT2D eigenvalue weighted by Crippen LogP contribution is -2.38. The monoisotopic (exact) mass is 421 g/mol. The number of carbonyl (C=O) groups excluding carboxylic acids is 1. The smallest absolute Gasteiger partial charge is 0.261 e. The normalized spacial score (nSPS) is 11.7. The Labute approximate surface area is 184 Å². The zero-order valence-electron chi connectivity index (χ0n) is 18.5. The lowest BCUT2D eigenvalue weighted by molar-refractivity contribution is -0.128. The van der Waals surface area contributed by atoms with Gasteiger partial charge in [0.25, 0.3) is 5.91 Å². The summed E-state index contributed by atoms with van der Waals surface area (Å²) in [5.74, 6) is 2.11. The predicted octanol–water partition coefficient (Wildman–Crippen LogP) is 5.15. The third-order valence-electron chi connectivity index (χ3n) is 5.13. The lowest BCUT2D eigenvalue weighted by atomic mass is 10.1. The molecule has 1 N–H and O–H groups in total. The van der Waals surface area contributed by atoms with Gasteiger partial charge in [-0.25, -0.2) is 0 Å². The number of aryl methyl sites for hydroxylation is 1. The van der Waals surface area contributed by atoms with Crippen molar-refractivity contribution in [3.63, 3.8) is 0 Å². The molecule has 3 aromatic carbocycles. The van der Waals surface area contributed by atoms with Crippen LogP contribution in [0.4, 0.5) is 0 Å². The van der Waals surface area contributed by atoms with Crippen LogP contribution in [0, 0.1) is 0 Å². The van der Waals surface area contributed by atoms with Gasteiger partial charge in [-0.1, -0.05) is 43.3 Å². The van der Waals surface area contributed by atoms with Crippen molar-refractivity contribution < 1.29 is 19.0 Å². The van der Waals surface area contributed by atoms with E-state index < -0.39 is 6.10 Å². The molecule has 0 aromatic heterocycles. The van der Waals surface area contributed by atoms with Crippen LogP contribution in [0.2, 0.25) is 0 Å². The van der Waals surface area contributed by atoms with Gasteiger partial charge in [0.05, 0.1) is 13.7 Å². The van der Waals surface area contributed by atoms with E-state index in [1.54, 1.807) is 7.11 Å². The molecular formula is C26H31NO4. The zero-order chi connectivity index (χ0) is 22.1. The second-order valence-corrected chi connectivity index (χ2v) is 7.34. The fraction of sp³-hybridized carbons (Fsp3) is 0.346. The van der Waals surface area contributed by atoms with Crippen LogP contribution in [0.5, 0.6) is 17.2 Å². The number of rotatable bonds is 11. The third-order valence-corrected chi connectivity index (χ3v) is 5.13. The van der Waals surface area contributed by atoms with Gasteiger partial charge in [-0.15, -0.1) is 0 Å². The summed E-state index contributed by atoms with van der Waals surface area (Å²) in [4.78, 5) is 12.6. The van der Waals surface area contributed by atoms with Crippen LogP contribution in [-0.2, 0) is 11.2 Å². The number of benzene rings is 3. The van der Waals surface area contributed by atoms with E-state index in [0.717, 1.165) is 40.7 Å². The summed E-state index contributed by atoms with van der Waals surface area (Å²) >= 11 is 0. The Morgan fingerprint density at radius 1 is 0.968 bits per heavy atom. The van der Waals surface area contributed by atoms with Gasteiger partial charge in [0.15, 0.2) is 17.6 Å². The van der Waals surface area contributed by atoms with E-state index in [-0.39, 0.29) is 5.91 Å². The van der Waals surface area contributed by atoms with E-state index in [0.29, 0.717) is 25.3 Å². The molecule has 3 aromatic rings. The third kappa shape index (κ3) is 6.14. The van der Waals surface area contributed by atoms with Gasteiger partial charge < -0.3 is 19.5 Å². The summed E-state index contributed by atoms with van der Waals surface area (Å²) in [5, 5.41) is 5.25. The molecule has 0 saturated carbocycles. The Morgan fingerprint density at radius 3 is 2.52 bits per heavy atom. The van der Waals surface area contributed by atoms with E-state index in [2.05, 4.69) is 11.4 Å².